The van der Waals surface area contributed by atoms with Gasteiger partial charge in [-0.3, -0.25) is 9.59 Å². The van der Waals surface area contributed by atoms with Crippen LogP contribution in [0, 0.1) is 23.2 Å². The van der Waals surface area contributed by atoms with E-state index in [4.69, 9.17) is 19.9 Å². The Balaban J connectivity index is 0.000000421. The molecule has 12 heteroatoms. The van der Waals surface area contributed by atoms with E-state index in [0.29, 0.717) is 37.7 Å². The van der Waals surface area contributed by atoms with Gasteiger partial charge in [0.1, 0.15) is 12.2 Å². The number of pyridine rings is 1. The molecule has 44 heavy (non-hydrogen) atoms. The summed E-state index contributed by atoms with van der Waals surface area (Å²) in [6, 6.07) is 9.74. The van der Waals surface area contributed by atoms with Crippen LogP contribution < -0.4 is 21.1 Å². The Morgan fingerprint density at radius 3 is 2.57 bits per heavy atom. The van der Waals surface area contributed by atoms with Crippen LogP contribution in [0.2, 0.25) is 0 Å². The fourth-order valence-corrected chi connectivity index (χ4v) is 6.25. The number of nitrogens with zero attached hydrogens (tertiary/aromatic N) is 1. The summed E-state index contributed by atoms with van der Waals surface area (Å²) in [5.74, 6) is 0.229. The number of ether oxygens (including phenoxy) is 2. The molecule has 3 unspecified atom stereocenters. The van der Waals surface area contributed by atoms with Crippen molar-refractivity contribution >= 4 is 36.3 Å². The molecule has 4 atom stereocenters. The highest BCUT2D eigenvalue weighted by Gasteiger charge is 2.49. The number of rotatable bonds is 12. The summed E-state index contributed by atoms with van der Waals surface area (Å²) in [6.07, 6.45) is 8.91. The fraction of sp³-hybridized carbons (Fsp3) is 0.625. The second kappa shape index (κ2) is 15.6. The topological polar surface area (TPSA) is 162 Å². The number of nitrogens with one attached hydrogen (secondary N) is 2. The van der Waals surface area contributed by atoms with Crippen molar-refractivity contribution in [3.05, 3.63) is 36.5 Å². The third-order valence-electron chi connectivity index (χ3n) is 8.47. The fourth-order valence-electron chi connectivity index (χ4n) is 6.25. The van der Waals surface area contributed by atoms with Crippen LogP contribution in [0.4, 0.5) is 4.79 Å². The molecule has 3 amide bonds. The Kier molecular flexibility index (Phi) is 11.9. The number of carbonyl (C=O) groups is 3. The molecule has 1 saturated heterocycles. The first-order valence-corrected chi connectivity index (χ1v) is 15.8. The van der Waals surface area contributed by atoms with Gasteiger partial charge < -0.3 is 35.5 Å². The van der Waals surface area contributed by atoms with Gasteiger partial charge in [-0.25, -0.2) is 9.78 Å². The Bertz CT molecular complexity index is 1240. The van der Waals surface area contributed by atoms with Crippen molar-refractivity contribution in [3.63, 3.8) is 0 Å². The largest absolute Gasteiger partial charge is 0.478 e. The maximum atomic E-state index is 13.5. The molecule has 0 radical (unpaired) electrons. The number of hydrogen-bond acceptors (Lipinski definition) is 8. The zero-order chi connectivity index (χ0) is 31.7. The van der Waals surface area contributed by atoms with Crippen LogP contribution in [0.25, 0.3) is 10.8 Å². The molecule has 0 spiro atoms. The highest BCUT2D eigenvalue weighted by Crippen LogP contribution is 2.41. The maximum absolute atomic E-state index is 13.5. The molecule has 0 bridgehead atoms. The van der Waals surface area contributed by atoms with E-state index in [1.807, 2.05) is 30.3 Å². The third kappa shape index (κ3) is 10.1. The quantitative estimate of drug-likeness (QED) is 0.209. The average Bonchev–Trinajstić information content (AvgIpc) is 3.57. The Hall–Kier alpha value is -3.38. The minimum Gasteiger partial charge on any atom is -0.472 e. The number of primary amides is 1. The van der Waals surface area contributed by atoms with E-state index in [9.17, 15) is 19.4 Å². The minimum absolute atomic E-state index is 0.108. The molecule has 3 aliphatic rings. The third-order valence-corrected chi connectivity index (χ3v) is 8.47. The summed E-state index contributed by atoms with van der Waals surface area (Å²) < 4.78 is 16.5. The average molecular weight is 611 g/mol. The van der Waals surface area contributed by atoms with Gasteiger partial charge >= 0.3 is 13.2 Å². The maximum Gasteiger partial charge on any atom is 0.478 e. The van der Waals surface area contributed by atoms with E-state index in [1.165, 1.54) is 0 Å². The van der Waals surface area contributed by atoms with Gasteiger partial charge in [-0.1, -0.05) is 39.0 Å². The van der Waals surface area contributed by atoms with Gasteiger partial charge in [0.25, 0.3) is 0 Å². The van der Waals surface area contributed by atoms with Crippen LogP contribution >= 0.6 is 0 Å². The van der Waals surface area contributed by atoms with E-state index >= 15 is 0 Å². The van der Waals surface area contributed by atoms with E-state index in [1.54, 1.807) is 6.20 Å². The zero-order valence-electron chi connectivity index (χ0n) is 26.1. The van der Waals surface area contributed by atoms with Crippen LogP contribution in [0.5, 0.6) is 5.88 Å². The van der Waals surface area contributed by atoms with Crippen molar-refractivity contribution in [2.45, 2.75) is 90.3 Å². The van der Waals surface area contributed by atoms with E-state index in [-0.39, 0.29) is 35.8 Å². The predicted octanol–water partition coefficient (Wildman–Crippen LogP) is 3.76. The second-order valence-electron chi connectivity index (χ2n) is 13.4. The summed E-state index contributed by atoms with van der Waals surface area (Å²) in [5.41, 5.74) is 4.70. The second-order valence-corrected chi connectivity index (χ2v) is 13.4. The summed E-state index contributed by atoms with van der Waals surface area (Å²) in [7, 11) is -0.983. The van der Waals surface area contributed by atoms with Crippen LogP contribution in [0.1, 0.15) is 72.1 Å². The van der Waals surface area contributed by atoms with Crippen LogP contribution in [-0.4, -0.2) is 66.8 Å². The molecular weight excluding hydrogens is 563 g/mol. The van der Waals surface area contributed by atoms with Crippen LogP contribution in [-0.2, 0) is 19.0 Å². The predicted molar refractivity (Wildman–Crippen MR) is 167 cm³/mol. The number of aromatic nitrogens is 1. The first kappa shape index (κ1) is 33.5. The lowest BCUT2D eigenvalue weighted by atomic mass is 9.73. The van der Waals surface area contributed by atoms with E-state index in [2.05, 4.69) is 36.4 Å². The summed E-state index contributed by atoms with van der Waals surface area (Å²) >= 11 is 0. The summed E-state index contributed by atoms with van der Waals surface area (Å²) in [6.45, 7) is 7.02. The van der Waals surface area contributed by atoms with Gasteiger partial charge in [-0.2, -0.15) is 0 Å². The van der Waals surface area contributed by atoms with Crippen molar-refractivity contribution < 1.29 is 33.5 Å². The monoisotopic (exact) mass is 610 g/mol. The Morgan fingerprint density at radius 1 is 1.18 bits per heavy atom. The lowest BCUT2D eigenvalue weighted by molar-refractivity contribution is -0.127. The number of hydrogen-bond donors (Lipinski definition) is 4. The molecule has 2 aliphatic carbocycles. The molecule has 5 N–H and O–H groups in total. The first-order valence-electron chi connectivity index (χ1n) is 15.8. The molecule has 1 aliphatic heterocycles. The van der Waals surface area contributed by atoms with Crippen molar-refractivity contribution in [1.29, 1.82) is 0 Å². The minimum atomic E-state index is -0.983. The number of benzene rings is 1. The summed E-state index contributed by atoms with van der Waals surface area (Å²) in [5, 5.41) is 18.1. The number of carbonyl (C=O) groups excluding carboxylic acids is 3. The molecule has 2 saturated carbocycles. The highest BCUT2D eigenvalue weighted by molar-refractivity contribution is 6.46. The molecular formula is C32H47BN4O7. The molecule has 2 heterocycles. The van der Waals surface area contributed by atoms with Crippen molar-refractivity contribution in [3.8, 4) is 5.88 Å². The Labute approximate surface area is 260 Å². The van der Waals surface area contributed by atoms with Crippen molar-refractivity contribution in [2.75, 3.05) is 13.2 Å². The zero-order valence-corrected chi connectivity index (χ0v) is 26.1. The van der Waals surface area contributed by atoms with Gasteiger partial charge in [0.05, 0.1) is 12.5 Å². The Morgan fingerprint density at radius 2 is 1.91 bits per heavy atom. The lowest BCUT2D eigenvalue weighted by Crippen LogP contribution is -2.50. The van der Waals surface area contributed by atoms with E-state index in [0.717, 1.165) is 49.3 Å². The molecule has 11 nitrogen and oxygen atoms in total. The normalized spacial score (nSPS) is 21.6. The molecule has 1 aromatic carbocycles. The first-order chi connectivity index (χ1) is 21.0. The number of nitrogens with two attached hydrogens (primary N) is 1. The SMILES string of the molecule is CC(C)(C)CC(C[C@H](CNC=O)Oc1nccc2ccccc12)C(=O)NC1B(O)OCC1C1CC1.NC(=O)OC1CCCC1. The molecule has 240 valence electrons. The highest BCUT2D eigenvalue weighted by atomic mass is 16.6. The van der Waals surface area contributed by atoms with E-state index < -0.39 is 25.3 Å². The standard InChI is InChI=1S/C26H36BN3O5.C6H11NO2/c1-26(2,3)13-19(24(32)30-23-22(18-8-9-18)15-34-27(23)33)12-20(14-28-16-31)35-25-21-7-5-4-6-17(21)10-11-29-25;7-6(8)9-5-3-1-2-4-5/h4-7,10-11,16,18-20,22-23,33H,8-9,12-15H2,1-3H3,(H,28,31)(H,30,32);5H,1-4H2,(H2,7,8)/t19?,20-,22?,23?;/m1./s1. The van der Waals surface area contributed by atoms with Crippen LogP contribution in [0.15, 0.2) is 36.5 Å². The van der Waals surface area contributed by atoms with Crippen LogP contribution in [0.3, 0.4) is 0 Å². The number of amides is 3. The van der Waals surface area contributed by atoms with Gasteiger partial charge in [-0.15, -0.1) is 0 Å². The molecule has 1 aromatic heterocycles. The molecule has 3 fully saturated rings. The smallest absolute Gasteiger partial charge is 0.472 e. The number of fused-ring (bicyclic) bond motifs is 1. The van der Waals surface area contributed by atoms with Crippen molar-refractivity contribution in [1.82, 2.24) is 15.6 Å². The lowest BCUT2D eigenvalue weighted by Gasteiger charge is -2.30. The summed E-state index contributed by atoms with van der Waals surface area (Å²) in [4.78, 5) is 39.2. The van der Waals surface area contributed by atoms with Gasteiger partial charge in [-0.05, 0) is 80.2 Å². The molecule has 2 aromatic rings. The molecule has 5 rings (SSSR count). The van der Waals surface area contributed by atoms with Gasteiger partial charge in [0, 0.05) is 30.0 Å². The van der Waals surface area contributed by atoms with Crippen molar-refractivity contribution in [2.24, 2.45) is 28.9 Å². The van der Waals surface area contributed by atoms with Gasteiger partial charge in [0.15, 0.2) is 0 Å². The van der Waals surface area contributed by atoms with Gasteiger partial charge in [0.2, 0.25) is 18.2 Å².